The monoisotopic (exact) mass is 349 g/mol. The predicted molar refractivity (Wildman–Crippen MR) is 110 cm³/mol. The van der Waals surface area contributed by atoms with Crippen molar-refractivity contribution < 1.29 is 5.11 Å². The van der Waals surface area contributed by atoms with Gasteiger partial charge in [-0.05, 0) is 36.1 Å². The fourth-order valence-electron chi connectivity index (χ4n) is 2.39. The first-order chi connectivity index (χ1) is 12.5. The Morgan fingerprint density at radius 2 is 2.15 bits per heavy atom. The van der Waals surface area contributed by atoms with Crippen LogP contribution in [0, 0.1) is 5.92 Å². The van der Waals surface area contributed by atoms with E-state index in [1.807, 2.05) is 66.2 Å². The van der Waals surface area contributed by atoms with Gasteiger partial charge in [0, 0.05) is 36.9 Å². The molecule has 0 aliphatic carbocycles. The second kappa shape index (κ2) is 9.47. The molecule has 4 nitrogen and oxygen atoms in total. The summed E-state index contributed by atoms with van der Waals surface area (Å²) in [5, 5.41) is 12.0. The van der Waals surface area contributed by atoms with Crippen molar-refractivity contribution in [2.24, 2.45) is 5.92 Å². The van der Waals surface area contributed by atoms with Crippen LogP contribution < -0.4 is 5.32 Å². The number of imidazole rings is 1. The van der Waals surface area contributed by atoms with Crippen molar-refractivity contribution in [2.45, 2.75) is 27.2 Å². The Labute approximate surface area is 155 Å². The molecule has 4 heteroatoms. The molecule has 0 amide bonds. The molecule has 1 aliphatic rings. The molecule has 2 N–H and O–H groups in total. The quantitative estimate of drug-likeness (QED) is 0.727. The van der Waals surface area contributed by atoms with Gasteiger partial charge in [0.25, 0.3) is 0 Å². The summed E-state index contributed by atoms with van der Waals surface area (Å²) in [5.74, 6) is 0.925. The van der Waals surface area contributed by atoms with Gasteiger partial charge in [0.1, 0.15) is 11.4 Å². The number of nitrogens with zero attached hydrogens (tertiary/aromatic N) is 2. The molecular weight excluding hydrogens is 322 g/mol. The number of hydrogen-bond donors (Lipinski definition) is 2. The Balaban J connectivity index is 0.000000209. The molecule has 0 unspecified atom stereocenters. The molecule has 3 rings (SSSR count). The van der Waals surface area contributed by atoms with Crippen molar-refractivity contribution in [1.82, 2.24) is 14.7 Å². The lowest BCUT2D eigenvalue weighted by Crippen LogP contribution is -2.14. The van der Waals surface area contributed by atoms with Crippen molar-refractivity contribution in [3.05, 3.63) is 90.9 Å². The summed E-state index contributed by atoms with van der Waals surface area (Å²) in [5.41, 5.74) is 4.24. The molecule has 0 fully saturated rings. The summed E-state index contributed by atoms with van der Waals surface area (Å²) in [6, 6.07) is 4.02. The number of allylic oxidation sites excluding steroid dienone is 7. The first-order valence-electron chi connectivity index (χ1n) is 8.77. The van der Waals surface area contributed by atoms with Gasteiger partial charge in [0.2, 0.25) is 0 Å². The number of hydrogen-bond acceptors (Lipinski definition) is 3. The molecule has 0 spiro atoms. The highest BCUT2D eigenvalue weighted by molar-refractivity contribution is 5.72. The summed E-state index contributed by atoms with van der Waals surface area (Å²) in [6.07, 6.45) is 18.0. The third kappa shape index (κ3) is 5.52. The lowest BCUT2D eigenvalue weighted by molar-refractivity contribution is 0.391. The van der Waals surface area contributed by atoms with E-state index in [1.165, 1.54) is 5.70 Å². The SMILES string of the molecule is C=C(/C=C\C=C/C)c1ccc2nccn2c1.CC(C)C1=CCC(O)=CN1. The maximum absolute atomic E-state index is 8.96. The summed E-state index contributed by atoms with van der Waals surface area (Å²) in [7, 11) is 0. The molecule has 0 aromatic carbocycles. The highest BCUT2D eigenvalue weighted by Crippen LogP contribution is 2.15. The summed E-state index contributed by atoms with van der Waals surface area (Å²) in [6.45, 7) is 10.3. The second-order valence-electron chi connectivity index (χ2n) is 6.32. The molecular formula is C22H27N3O. The summed E-state index contributed by atoms with van der Waals surface area (Å²) in [4.78, 5) is 4.20. The van der Waals surface area contributed by atoms with Crippen LogP contribution in [0.3, 0.4) is 0 Å². The average molecular weight is 349 g/mol. The normalized spacial score (nSPS) is 14.2. The molecule has 2 aromatic heterocycles. The van der Waals surface area contributed by atoms with Gasteiger partial charge in [0.05, 0.1) is 0 Å². The first kappa shape index (κ1) is 19.3. The van der Waals surface area contributed by atoms with Crippen LogP contribution >= 0.6 is 0 Å². The van der Waals surface area contributed by atoms with Gasteiger partial charge in [-0.3, -0.25) is 0 Å². The number of rotatable bonds is 4. The number of aliphatic hydroxyl groups excluding tert-OH is 1. The van der Waals surface area contributed by atoms with E-state index in [4.69, 9.17) is 5.11 Å². The molecule has 0 radical (unpaired) electrons. The van der Waals surface area contributed by atoms with Gasteiger partial charge in [-0.1, -0.05) is 50.8 Å². The van der Waals surface area contributed by atoms with Crippen molar-refractivity contribution in [3.63, 3.8) is 0 Å². The van der Waals surface area contributed by atoms with Crippen molar-refractivity contribution in [2.75, 3.05) is 0 Å². The lowest BCUT2D eigenvalue weighted by Gasteiger charge is -2.15. The van der Waals surface area contributed by atoms with Gasteiger partial charge in [0.15, 0.2) is 0 Å². The molecule has 3 heterocycles. The largest absolute Gasteiger partial charge is 0.510 e. The first-order valence-corrected chi connectivity index (χ1v) is 8.77. The lowest BCUT2D eigenvalue weighted by atomic mass is 10.1. The van der Waals surface area contributed by atoms with E-state index < -0.39 is 0 Å². The molecule has 1 aliphatic heterocycles. The average Bonchev–Trinajstić information content (AvgIpc) is 3.10. The van der Waals surface area contributed by atoms with Crippen LogP contribution in [0.1, 0.15) is 32.8 Å². The minimum Gasteiger partial charge on any atom is -0.510 e. The third-order valence-electron chi connectivity index (χ3n) is 3.92. The molecule has 0 atom stereocenters. The van der Waals surface area contributed by atoms with Crippen LogP contribution in [-0.2, 0) is 0 Å². The third-order valence-corrected chi connectivity index (χ3v) is 3.92. The number of dihydropyridines is 1. The van der Waals surface area contributed by atoms with Gasteiger partial charge >= 0.3 is 0 Å². The highest BCUT2D eigenvalue weighted by atomic mass is 16.3. The van der Waals surface area contributed by atoms with Crippen LogP contribution in [0.2, 0.25) is 0 Å². The summed E-state index contributed by atoms with van der Waals surface area (Å²) < 4.78 is 1.99. The smallest absolute Gasteiger partial charge is 0.136 e. The van der Waals surface area contributed by atoms with Crippen LogP contribution in [0.15, 0.2) is 85.3 Å². The second-order valence-corrected chi connectivity index (χ2v) is 6.32. The molecule has 0 saturated carbocycles. The van der Waals surface area contributed by atoms with E-state index in [0.717, 1.165) is 16.8 Å². The topological polar surface area (TPSA) is 49.6 Å². The van der Waals surface area contributed by atoms with Crippen LogP contribution in [0.4, 0.5) is 0 Å². The van der Waals surface area contributed by atoms with E-state index >= 15 is 0 Å². The molecule has 2 aromatic rings. The van der Waals surface area contributed by atoms with Gasteiger partial charge in [-0.15, -0.1) is 0 Å². The molecule has 0 bridgehead atoms. The van der Waals surface area contributed by atoms with Crippen LogP contribution in [0.5, 0.6) is 0 Å². The van der Waals surface area contributed by atoms with Crippen molar-refractivity contribution >= 4 is 11.2 Å². The number of fused-ring (bicyclic) bond motifs is 1. The number of aromatic nitrogens is 2. The Morgan fingerprint density at radius 3 is 2.81 bits per heavy atom. The van der Waals surface area contributed by atoms with Crippen molar-refractivity contribution in [3.8, 4) is 0 Å². The minimum absolute atomic E-state index is 0.407. The van der Waals surface area contributed by atoms with Crippen LogP contribution in [-0.4, -0.2) is 14.5 Å². The Hall–Kier alpha value is -3.01. The van der Waals surface area contributed by atoms with E-state index in [1.54, 1.807) is 12.4 Å². The maximum Gasteiger partial charge on any atom is 0.136 e. The highest BCUT2D eigenvalue weighted by Gasteiger charge is 2.05. The molecule has 0 saturated heterocycles. The van der Waals surface area contributed by atoms with E-state index in [0.29, 0.717) is 18.1 Å². The summed E-state index contributed by atoms with van der Waals surface area (Å²) >= 11 is 0. The van der Waals surface area contributed by atoms with Gasteiger partial charge in [-0.2, -0.15) is 0 Å². The van der Waals surface area contributed by atoms with Crippen LogP contribution in [0.25, 0.3) is 11.2 Å². The standard InChI is InChI=1S/C14H14N2.C8H13NO/c1-3-4-5-6-12(2)13-7-8-14-15-9-10-16(14)11-13;1-6(2)8-4-3-7(10)5-9-8/h3-11H,2H2,1H3;4-6,9-10H,3H2,1-2H3/b4-3-,6-5-;. The number of nitrogens with one attached hydrogen (secondary N) is 1. The Kier molecular flexibility index (Phi) is 7.03. The zero-order valence-electron chi connectivity index (χ0n) is 15.7. The Morgan fingerprint density at radius 1 is 1.35 bits per heavy atom. The fourth-order valence-corrected chi connectivity index (χ4v) is 2.39. The number of aliphatic hydroxyl groups is 1. The van der Waals surface area contributed by atoms with Gasteiger partial charge < -0.3 is 14.8 Å². The van der Waals surface area contributed by atoms with E-state index in [9.17, 15) is 0 Å². The number of pyridine rings is 1. The van der Waals surface area contributed by atoms with Gasteiger partial charge in [-0.25, -0.2) is 4.98 Å². The molecule has 26 heavy (non-hydrogen) atoms. The van der Waals surface area contributed by atoms with E-state index in [-0.39, 0.29) is 0 Å². The zero-order valence-corrected chi connectivity index (χ0v) is 15.7. The minimum atomic E-state index is 0.407. The Bertz CT molecular complexity index is 866. The molecule has 136 valence electrons. The zero-order chi connectivity index (χ0) is 18.9. The van der Waals surface area contributed by atoms with Crippen molar-refractivity contribution in [1.29, 1.82) is 0 Å². The van der Waals surface area contributed by atoms with E-state index in [2.05, 4.69) is 30.7 Å². The maximum atomic E-state index is 8.96. The fraction of sp³-hybridized carbons (Fsp3) is 0.227. The predicted octanol–water partition coefficient (Wildman–Crippen LogP) is 5.40.